The van der Waals surface area contributed by atoms with Crippen LogP contribution in [0.3, 0.4) is 0 Å². The van der Waals surface area contributed by atoms with Crippen molar-refractivity contribution in [3.8, 4) is 0 Å². The van der Waals surface area contributed by atoms with Crippen molar-refractivity contribution in [3.05, 3.63) is 69.8 Å². The van der Waals surface area contributed by atoms with E-state index in [0.717, 1.165) is 29.5 Å². The fraction of sp³-hybridized carbons (Fsp3) is 0.381. The van der Waals surface area contributed by atoms with Crippen LogP contribution in [-0.2, 0) is 12.8 Å². The van der Waals surface area contributed by atoms with E-state index in [1.807, 2.05) is 19.9 Å². The molecule has 0 aromatic heterocycles. The van der Waals surface area contributed by atoms with Crippen LogP contribution < -0.4 is 5.32 Å². The van der Waals surface area contributed by atoms with Crippen molar-refractivity contribution in [3.63, 3.8) is 0 Å². The van der Waals surface area contributed by atoms with Gasteiger partial charge >= 0.3 is 0 Å². The predicted molar refractivity (Wildman–Crippen MR) is 97.1 cm³/mol. The van der Waals surface area contributed by atoms with Gasteiger partial charge in [-0.25, -0.2) is 0 Å². The summed E-state index contributed by atoms with van der Waals surface area (Å²) >= 11 is 0. The number of hydrogen-bond acceptors (Lipinski definition) is 1. The molecule has 23 heavy (non-hydrogen) atoms. The zero-order valence-electron chi connectivity index (χ0n) is 14.9. The van der Waals surface area contributed by atoms with E-state index < -0.39 is 0 Å². The van der Waals surface area contributed by atoms with Crippen molar-refractivity contribution in [2.24, 2.45) is 0 Å². The SMILES string of the molecule is Cc1ccc(CCc2cc(C)cc(C(=O)NC(C)C)c2C)cc1. The van der Waals surface area contributed by atoms with E-state index in [1.54, 1.807) is 0 Å². The summed E-state index contributed by atoms with van der Waals surface area (Å²) in [6.07, 6.45) is 1.95. The molecule has 0 aliphatic carbocycles. The molecule has 0 aliphatic heterocycles. The highest BCUT2D eigenvalue weighted by atomic mass is 16.1. The Morgan fingerprint density at radius 2 is 1.61 bits per heavy atom. The van der Waals surface area contributed by atoms with Gasteiger partial charge in [-0.15, -0.1) is 0 Å². The summed E-state index contributed by atoms with van der Waals surface area (Å²) in [6, 6.07) is 13.0. The van der Waals surface area contributed by atoms with Crippen molar-refractivity contribution in [2.75, 3.05) is 0 Å². The summed E-state index contributed by atoms with van der Waals surface area (Å²) in [5, 5.41) is 3.00. The molecule has 1 amide bonds. The molecule has 0 saturated carbocycles. The predicted octanol–water partition coefficient (Wildman–Crippen LogP) is 4.54. The lowest BCUT2D eigenvalue weighted by atomic mass is 9.94. The van der Waals surface area contributed by atoms with Crippen LogP contribution in [0.25, 0.3) is 0 Å². The van der Waals surface area contributed by atoms with Crippen LogP contribution in [0.1, 0.15) is 52.0 Å². The van der Waals surface area contributed by atoms with Crippen LogP contribution in [0, 0.1) is 20.8 Å². The second-order valence-corrected chi connectivity index (χ2v) is 6.71. The van der Waals surface area contributed by atoms with Gasteiger partial charge in [-0.1, -0.05) is 41.5 Å². The van der Waals surface area contributed by atoms with E-state index in [0.29, 0.717) is 0 Å². The maximum absolute atomic E-state index is 12.4. The van der Waals surface area contributed by atoms with Gasteiger partial charge < -0.3 is 5.32 Å². The Labute approximate surface area is 139 Å². The topological polar surface area (TPSA) is 29.1 Å². The normalized spacial score (nSPS) is 10.9. The number of amides is 1. The Balaban J connectivity index is 2.20. The lowest BCUT2D eigenvalue weighted by Crippen LogP contribution is -2.30. The second kappa shape index (κ2) is 7.45. The molecule has 0 fully saturated rings. The molecule has 0 unspecified atom stereocenters. The van der Waals surface area contributed by atoms with Gasteiger partial charge in [0.15, 0.2) is 0 Å². The molecule has 122 valence electrons. The Morgan fingerprint density at radius 3 is 2.22 bits per heavy atom. The van der Waals surface area contributed by atoms with E-state index in [9.17, 15) is 4.79 Å². The quantitative estimate of drug-likeness (QED) is 0.863. The number of benzene rings is 2. The zero-order valence-corrected chi connectivity index (χ0v) is 14.9. The average Bonchev–Trinajstić information content (AvgIpc) is 2.48. The zero-order chi connectivity index (χ0) is 17.0. The van der Waals surface area contributed by atoms with Gasteiger partial charge in [-0.3, -0.25) is 4.79 Å². The monoisotopic (exact) mass is 309 g/mol. The number of carbonyl (C=O) groups is 1. The molecule has 2 aromatic rings. The highest BCUT2D eigenvalue weighted by Crippen LogP contribution is 2.19. The van der Waals surface area contributed by atoms with Gasteiger partial charge in [-0.2, -0.15) is 0 Å². The summed E-state index contributed by atoms with van der Waals surface area (Å²) < 4.78 is 0. The third kappa shape index (κ3) is 4.69. The van der Waals surface area contributed by atoms with Crippen LogP contribution in [-0.4, -0.2) is 11.9 Å². The van der Waals surface area contributed by atoms with Gasteiger partial charge in [0.25, 0.3) is 5.91 Å². The van der Waals surface area contributed by atoms with Crippen molar-refractivity contribution in [1.29, 1.82) is 0 Å². The lowest BCUT2D eigenvalue weighted by Gasteiger charge is -2.15. The van der Waals surface area contributed by atoms with Gasteiger partial charge in [0.2, 0.25) is 0 Å². The van der Waals surface area contributed by atoms with E-state index in [2.05, 4.69) is 56.4 Å². The molecule has 0 heterocycles. The highest BCUT2D eigenvalue weighted by molar-refractivity contribution is 5.96. The Morgan fingerprint density at radius 1 is 0.957 bits per heavy atom. The van der Waals surface area contributed by atoms with Crippen molar-refractivity contribution in [2.45, 2.75) is 53.5 Å². The smallest absolute Gasteiger partial charge is 0.251 e. The largest absolute Gasteiger partial charge is 0.350 e. The summed E-state index contributed by atoms with van der Waals surface area (Å²) in [7, 11) is 0. The molecule has 0 aliphatic rings. The van der Waals surface area contributed by atoms with Gasteiger partial charge in [0, 0.05) is 11.6 Å². The minimum atomic E-state index is 0.0257. The maximum atomic E-state index is 12.4. The van der Waals surface area contributed by atoms with Crippen molar-refractivity contribution >= 4 is 5.91 Å². The first-order valence-corrected chi connectivity index (χ1v) is 8.33. The molecule has 2 aromatic carbocycles. The minimum absolute atomic E-state index is 0.0257. The van der Waals surface area contributed by atoms with Gasteiger partial charge in [-0.05, 0) is 70.2 Å². The summed E-state index contributed by atoms with van der Waals surface area (Å²) in [5.74, 6) is 0.0257. The van der Waals surface area contributed by atoms with E-state index in [-0.39, 0.29) is 11.9 Å². The van der Waals surface area contributed by atoms with E-state index in [1.165, 1.54) is 16.7 Å². The number of aryl methyl sites for hydroxylation is 4. The summed E-state index contributed by atoms with van der Waals surface area (Å²) in [4.78, 5) is 12.4. The Kier molecular flexibility index (Phi) is 5.59. The first-order chi connectivity index (χ1) is 10.9. The van der Waals surface area contributed by atoms with Crippen LogP contribution in [0.5, 0.6) is 0 Å². The third-order valence-corrected chi connectivity index (χ3v) is 4.13. The third-order valence-electron chi connectivity index (χ3n) is 4.13. The minimum Gasteiger partial charge on any atom is -0.350 e. The Bertz CT molecular complexity index is 684. The summed E-state index contributed by atoms with van der Waals surface area (Å²) in [6.45, 7) is 10.2. The summed E-state index contributed by atoms with van der Waals surface area (Å²) in [5.41, 5.74) is 6.93. The number of hydrogen-bond donors (Lipinski definition) is 1. The van der Waals surface area contributed by atoms with Crippen LogP contribution >= 0.6 is 0 Å². The van der Waals surface area contributed by atoms with E-state index in [4.69, 9.17) is 0 Å². The molecule has 2 heteroatoms. The van der Waals surface area contributed by atoms with Crippen LogP contribution in [0.4, 0.5) is 0 Å². The average molecular weight is 309 g/mol. The number of nitrogens with one attached hydrogen (secondary N) is 1. The van der Waals surface area contributed by atoms with Crippen LogP contribution in [0.15, 0.2) is 36.4 Å². The van der Waals surface area contributed by atoms with Crippen molar-refractivity contribution in [1.82, 2.24) is 5.32 Å². The maximum Gasteiger partial charge on any atom is 0.251 e. The fourth-order valence-electron chi connectivity index (χ4n) is 2.80. The standard InChI is InChI=1S/C21H27NO/c1-14(2)22-21(23)20-13-16(4)12-19(17(20)5)11-10-18-8-6-15(3)7-9-18/h6-9,12-14H,10-11H2,1-5H3,(H,22,23). The van der Waals surface area contributed by atoms with Crippen molar-refractivity contribution < 1.29 is 4.79 Å². The van der Waals surface area contributed by atoms with Gasteiger partial charge in [0.1, 0.15) is 0 Å². The lowest BCUT2D eigenvalue weighted by molar-refractivity contribution is 0.0942. The molecule has 0 spiro atoms. The molecule has 0 atom stereocenters. The van der Waals surface area contributed by atoms with Gasteiger partial charge in [0.05, 0.1) is 0 Å². The molecular formula is C21H27NO. The Hall–Kier alpha value is -2.09. The number of rotatable bonds is 5. The first kappa shape index (κ1) is 17.3. The molecule has 1 N–H and O–H groups in total. The van der Waals surface area contributed by atoms with E-state index >= 15 is 0 Å². The first-order valence-electron chi connectivity index (χ1n) is 8.33. The molecule has 2 nitrogen and oxygen atoms in total. The van der Waals surface area contributed by atoms with Crippen LogP contribution in [0.2, 0.25) is 0 Å². The second-order valence-electron chi connectivity index (χ2n) is 6.71. The molecule has 0 saturated heterocycles. The molecule has 0 radical (unpaired) electrons. The molecule has 0 bridgehead atoms. The highest BCUT2D eigenvalue weighted by Gasteiger charge is 2.13. The molecule has 2 rings (SSSR count). The number of carbonyl (C=O) groups excluding carboxylic acids is 1. The molecular weight excluding hydrogens is 282 g/mol. The fourth-order valence-corrected chi connectivity index (χ4v) is 2.80.